The molecule has 0 amide bonds. The zero-order valence-corrected chi connectivity index (χ0v) is 15.6. The van der Waals surface area contributed by atoms with E-state index < -0.39 is 0 Å². The van der Waals surface area contributed by atoms with Gasteiger partial charge >= 0.3 is 0 Å². The Balaban J connectivity index is 1.35. The molecule has 0 unspecified atom stereocenters. The van der Waals surface area contributed by atoms with E-state index in [1.54, 1.807) is 6.20 Å². The van der Waals surface area contributed by atoms with E-state index in [9.17, 15) is 0 Å². The van der Waals surface area contributed by atoms with Crippen LogP contribution in [0.4, 0.5) is 0 Å². The summed E-state index contributed by atoms with van der Waals surface area (Å²) in [5, 5.41) is 3.56. The van der Waals surface area contributed by atoms with Gasteiger partial charge in [0.25, 0.3) is 0 Å². The molecule has 4 rings (SSSR count). The number of aromatic nitrogens is 3. The number of ether oxygens (including phenoxy) is 1. The zero-order valence-electron chi connectivity index (χ0n) is 14.0. The number of H-pyrrole nitrogens is 1. The molecule has 2 aromatic heterocycles. The highest BCUT2D eigenvalue weighted by molar-refractivity contribution is 9.10. The molecule has 6 heteroatoms. The number of halogens is 1. The van der Waals surface area contributed by atoms with Crippen molar-refractivity contribution in [2.24, 2.45) is 0 Å². The van der Waals surface area contributed by atoms with Crippen molar-refractivity contribution >= 4 is 27.1 Å². The van der Waals surface area contributed by atoms with Gasteiger partial charge < -0.3 is 15.0 Å². The number of pyridine rings is 1. The molecule has 1 saturated carbocycles. The lowest BCUT2D eigenvalue weighted by molar-refractivity contribution is 0.305. The first kappa shape index (κ1) is 16.5. The second-order valence-electron chi connectivity index (χ2n) is 6.42. The normalized spacial score (nSPS) is 15.1. The summed E-state index contributed by atoms with van der Waals surface area (Å²) >= 11 is 3.42. The maximum Gasteiger partial charge on any atom is 0.157 e. The van der Waals surface area contributed by atoms with Crippen LogP contribution in [0.1, 0.15) is 25.7 Å². The number of nitrogens with zero attached hydrogens (tertiary/aromatic N) is 2. The summed E-state index contributed by atoms with van der Waals surface area (Å²) in [7, 11) is 0. The van der Waals surface area contributed by atoms with Crippen molar-refractivity contribution in [3.8, 4) is 17.1 Å². The van der Waals surface area contributed by atoms with Crippen LogP contribution in [-0.2, 0) is 0 Å². The van der Waals surface area contributed by atoms with Crippen LogP contribution in [0, 0.1) is 0 Å². The Hall–Kier alpha value is -1.92. The average molecular weight is 401 g/mol. The predicted octanol–water partition coefficient (Wildman–Crippen LogP) is 4.30. The van der Waals surface area contributed by atoms with Crippen LogP contribution in [-0.4, -0.2) is 34.1 Å². The highest BCUT2D eigenvalue weighted by Gasteiger charge is 2.13. The summed E-state index contributed by atoms with van der Waals surface area (Å²) in [5.74, 6) is 1.70. The molecule has 1 fully saturated rings. The van der Waals surface area contributed by atoms with Gasteiger partial charge in [0, 0.05) is 28.8 Å². The number of hydrogen-bond acceptors (Lipinski definition) is 4. The number of fused-ring (bicyclic) bond motifs is 1. The smallest absolute Gasteiger partial charge is 0.157 e. The fourth-order valence-corrected chi connectivity index (χ4v) is 3.60. The Labute approximate surface area is 155 Å². The van der Waals surface area contributed by atoms with Gasteiger partial charge in [0.2, 0.25) is 0 Å². The monoisotopic (exact) mass is 400 g/mol. The first-order valence-electron chi connectivity index (χ1n) is 8.76. The van der Waals surface area contributed by atoms with Crippen molar-refractivity contribution in [2.75, 3.05) is 13.2 Å². The number of benzene rings is 1. The van der Waals surface area contributed by atoms with Gasteiger partial charge in [-0.25, -0.2) is 9.97 Å². The van der Waals surface area contributed by atoms with Gasteiger partial charge in [-0.3, -0.25) is 0 Å². The fraction of sp³-hybridized carbons (Fsp3) is 0.368. The quantitative estimate of drug-likeness (QED) is 0.605. The van der Waals surface area contributed by atoms with Crippen molar-refractivity contribution < 1.29 is 4.74 Å². The van der Waals surface area contributed by atoms with Crippen LogP contribution in [0.5, 0.6) is 5.75 Å². The Kier molecular flexibility index (Phi) is 4.99. The van der Waals surface area contributed by atoms with Gasteiger partial charge in [0.1, 0.15) is 23.7 Å². The van der Waals surface area contributed by atoms with Crippen LogP contribution in [0.3, 0.4) is 0 Å². The predicted molar refractivity (Wildman–Crippen MR) is 103 cm³/mol. The highest BCUT2D eigenvalue weighted by Crippen LogP contribution is 2.23. The molecular weight excluding hydrogens is 380 g/mol. The van der Waals surface area contributed by atoms with Crippen LogP contribution in [0.25, 0.3) is 22.6 Å². The van der Waals surface area contributed by atoms with Crippen LogP contribution < -0.4 is 10.1 Å². The van der Waals surface area contributed by atoms with Crippen LogP contribution in [0.15, 0.2) is 41.0 Å². The van der Waals surface area contributed by atoms with E-state index in [4.69, 9.17) is 4.74 Å². The summed E-state index contributed by atoms with van der Waals surface area (Å²) in [6.45, 7) is 1.59. The van der Waals surface area contributed by atoms with E-state index in [-0.39, 0.29) is 0 Å². The second kappa shape index (κ2) is 7.54. The average Bonchev–Trinajstić information content (AvgIpc) is 3.28. The van der Waals surface area contributed by atoms with E-state index in [2.05, 4.69) is 36.2 Å². The summed E-state index contributed by atoms with van der Waals surface area (Å²) < 4.78 is 6.74. The maximum atomic E-state index is 5.82. The third-order valence-corrected chi connectivity index (χ3v) is 5.02. The van der Waals surface area contributed by atoms with Crippen molar-refractivity contribution in [3.05, 3.63) is 41.0 Å². The van der Waals surface area contributed by atoms with Crippen molar-refractivity contribution in [3.63, 3.8) is 0 Å². The standard InChI is InChI=1S/C19H21BrN4O/c20-14-11-17-19(22-12-14)24-18(23-17)13-5-7-16(8-6-13)25-10-9-21-15-3-1-2-4-15/h5-8,11-12,15,21H,1-4,9-10H2,(H,22,23,24). The van der Waals surface area contributed by atoms with Crippen molar-refractivity contribution in [2.45, 2.75) is 31.7 Å². The molecule has 0 saturated heterocycles. The minimum absolute atomic E-state index is 0.688. The number of hydrogen-bond donors (Lipinski definition) is 2. The Bertz CT molecular complexity index is 840. The van der Waals surface area contributed by atoms with E-state index in [0.29, 0.717) is 12.6 Å². The SMILES string of the molecule is Brc1cnc2[nH]c(-c3ccc(OCCNC4CCCC4)cc3)nc2c1. The molecule has 5 nitrogen and oxygen atoms in total. The third kappa shape index (κ3) is 4.02. The molecule has 0 bridgehead atoms. The van der Waals surface area contributed by atoms with Gasteiger partial charge in [-0.05, 0) is 59.1 Å². The molecule has 1 aliphatic carbocycles. The van der Waals surface area contributed by atoms with Gasteiger partial charge in [0.15, 0.2) is 5.65 Å². The Morgan fingerprint density at radius 3 is 2.80 bits per heavy atom. The van der Waals surface area contributed by atoms with Crippen LogP contribution >= 0.6 is 15.9 Å². The molecule has 25 heavy (non-hydrogen) atoms. The fourth-order valence-electron chi connectivity index (χ4n) is 3.28. The molecule has 0 radical (unpaired) electrons. The van der Waals surface area contributed by atoms with Crippen molar-refractivity contribution in [1.29, 1.82) is 0 Å². The summed E-state index contributed by atoms with van der Waals surface area (Å²) in [6, 6.07) is 10.7. The minimum Gasteiger partial charge on any atom is -0.492 e. The largest absolute Gasteiger partial charge is 0.492 e. The van der Waals surface area contributed by atoms with Gasteiger partial charge in [-0.2, -0.15) is 0 Å². The van der Waals surface area contributed by atoms with E-state index in [1.165, 1.54) is 25.7 Å². The lowest BCUT2D eigenvalue weighted by atomic mass is 10.2. The van der Waals surface area contributed by atoms with Gasteiger partial charge in [0.05, 0.1) is 0 Å². The molecule has 1 aliphatic rings. The molecule has 0 aliphatic heterocycles. The van der Waals surface area contributed by atoms with Crippen LogP contribution in [0.2, 0.25) is 0 Å². The number of imidazole rings is 1. The van der Waals surface area contributed by atoms with Crippen molar-refractivity contribution in [1.82, 2.24) is 20.3 Å². The molecular formula is C19H21BrN4O. The second-order valence-corrected chi connectivity index (χ2v) is 7.33. The Morgan fingerprint density at radius 2 is 2.00 bits per heavy atom. The first-order chi connectivity index (χ1) is 12.3. The Morgan fingerprint density at radius 1 is 1.20 bits per heavy atom. The summed E-state index contributed by atoms with van der Waals surface area (Å²) in [4.78, 5) is 12.2. The van der Waals surface area contributed by atoms with E-state index >= 15 is 0 Å². The molecule has 0 atom stereocenters. The summed E-state index contributed by atoms with van der Waals surface area (Å²) in [5.41, 5.74) is 2.66. The van der Waals surface area contributed by atoms with Gasteiger partial charge in [-0.15, -0.1) is 0 Å². The lowest BCUT2D eigenvalue weighted by Crippen LogP contribution is -2.30. The highest BCUT2D eigenvalue weighted by atomic mass is 79.9. The third-order valence-electron chi connectivity index (χ3n) is 4.59. The summed E-state index contributed by atoms with van der Waals surface area (Å²) in [6.07, 6.45) is 7.08. The zero-order chi connectivity index (χ0) is 17.1. The molecule has 130 valence electrons. The molecule has 1 aromatic carbocycles. The molecule has 2 N–H and O–H groups in total. The first-order valence-corrected chi connectivity index (χ1v) is 9.55. The molecule has 2 heterocycles. The van der Waals surface area contributed by atoms with E-state index in [0.717, 1.165) is 39.3 Å². The minimum atomic E-state index is 0.688. The number of rotatable bonds is 6. The molecule has 0 spiro atoms. The lowest BCUT2D eigenvalue weighted by Gasteiger charge is -2.12. The van der Waals surface area contributed by atoms with Gasteiger partial charge in [-0.1, -0.05) is 12.8 Å². The van der Waals surface area contributed by atoms with E-state index in [1.807, 2.05) is 30.3 Å². The topological polar surface area (TPSA) is 62.8 Å². The molecule has 3 aromatic rings. The number of aromatic amines is 1. The maximum absolute atomic E-state index is 5.82. The number of nitrogens with one attached hydrogen (secondary N) is 2.